The molecule has 0 radical (unpaired) electrons. The van der Waals surface area contributed by atoms with Gasteiger partial charge in [-0.2, -0.15) is 0 Å². The minimum Gasteiger partial charge on any atom is -0.495 e. The molecule has 0 aliphatic carbocycles. The molecular formula is C19H21N5O. The largest absolute Gasteiger partial charge is 0.495 e. The number of hydrogen-bond acceptors (Lipinski definition) is 6. The molecule has 6 heteroatoms. The predicted octanol–water partition coefficient (Wildman–Crippen LogP) is 3.45. The van der Waals surface area contributed by atoms with E-state index in [9.17, 15) is 0 Å². The number of hydrogen-bond donors (Lipinski definition) is 2. The minimum atomic E-state index is 0.492. The van der Waals surface area contributed by atoms with Crippen molar-refractivity contribution in [3.63, 3.8) is 0 Å². The van der Waals surface area contributed by atoms with E-state index in [0.29, 0.717) is 23.9 Å². The number of benzene rings is 2. The molecule has 0 aliphatic rings. The van der Waals surface area contributed by atoms with E-state index in [1.807, 2.05) is 54.4 Å². The summed E-state index contributed by atoms with van der Waals surface area (Å²) < 4.78 is 5.36. The number of rotatable bonds is 6. The van der Waals surface area contributed by atoms with Crippen molar-refractivity contribution < 1.29 is 4.74 Å². The van der Waals surface area contributed by atoms with Crippen LogP contribution in [0.4, 0.5) is 23.0 Å². The molecule has 0 atom stereocenters. The van der Waals surface area contributed by atoms with Crippen molar-refractivity contribution in [3.8, 4) is 5.75 Å². The number of aromatic nitrogens is 2. The topological polar surface area (TPSA) is 76.3 Å². The lowest BCUT2D eigenvalue weighted by molar-refractivity contribution is 0.417. The van der Waals surface area contributed by atoms with Crippen molar-refractivity contribution in [1.29, 1.82) is 0 Å². The zero-order valence-electron chi connectivity index (χ0n) is 14.3. The molecular weight excluding hydrogens is 314 g/mol. The maximum Gasteiger partial charge on any atom is 0.159 e. The summed E-state index contributed by atoms with van der Waals surface area (Å²) in [6, 6.07) is 17.8. The van der Waals surface area contributed by atoms with Crippen LogP contribution in [-0.2, 0) is 6.54 Å². The fourth-order valence-corrected chi connectivity index (χ4v) is 2.60. The van der Waals surface area contributed by atoms with Crippen molar-refractivity contribution in [2.75, 3.05) is 30.1 Å². The first kappa shape index (κ1) is 16.6. The molecule has 3 N–H and O–H groups in total. The first-order valence-corrected chi connectivity index (χ1v) is 7.94. The number of ether oxygens (including phenoxy) is 1. The molecule has 0 bridgehead atoms. The third-order valence-electron chi connectivity index (χ3n) is 3.85. The molecule has 0 saturated heterocycles. The normalized spacial score (nSPS) is 10.3. The van der Waals surface area contributed by atoms with Crippen molar-refractivity contribution in [3.05, 3.63) is 66.5 Å². The minimum absolute atomic E-state index is 0.492. The Morgan fingerprint density at radius 1 is 1.04 bits per heavy atom. The number of para-hydroxylation sites is 2. The Labute approximate surface area is 147 Å². The first-order chi connectivity index (χ1) is 12.2. The second-order valence-corrected chi connectivity index (χ2v) is 5.63. The molecule has 128 valence electrons. The summed E-state index contributed by atoms with van der Waals surface area (Å²) in [5.74, 6) is 1.95. The van der Waals surface area contributed by atoms with E-state index >= 15 is 0 Å². The lowest BCUT2D eigenvalue weighted by Gasteiger charge is -2.21. The van der Waals surface area contributed by atoms with Gasteiger partial charge in [0.25, 0.3) is 0 Å². The molecule has 0 spiro atoms. The first-order valence-electron chi connectivity index (χ1n) is 7.94. The average Bonchev–Trinajstić information content (AvgIpc) is 2.64. The van der Waals surface area contributed by atoms with Crippen LogP contribution in [0.25, 0.3) is 0 Å². The number of methoxy groups -OCH3 is 1. The Morgan fingerprint density at radius 2 is 1.76 bits per heavy atom. The van der Waals surface area contributed by atoms with Crippen LogP contribution in [0.5, 0.6) is 5.75 Å². The number of nitrogens with zero attached hydrogens (tertiary/aromatic N) is 3. The second-order valence-electron chi connectivity index (χ2n) is 5.63. The van der Waals surface area contributed by atoms with E-state index in [2.05, 4.69) is 27.4 Å². The lowest BCUT2D eigenvalue weighted by Crippen LogP contribution is -2.20. The average molecular weight is 335 g/mol. The Kier molecular flexibility index (Phi) is 4.99. The number of nitrogens with two attached hydrogens (primary N) is 1. The summed E-state index contributed by atoms with van der Waals surface area (Å²) in [6.45, 7) is 0.705. The SMILES string of the molecule is COc1ccccc1Nc1ncnc(N(C)Cc2ccccc2)c1N. The molecule has 0 aliphatic heterocycles. The van der Waals surface area contributed by atoms with Crippen molar-refractivity contribution in [2.24, 2.45) is 0 Å². The van der Waals surface area contributed by atoms with Gasteiger partial charge in [-0.25, -0.2) is 9.97 Å². The summed E-state index contributed by atoms with van der Waals surface area (Å²) in [5, 5.41) is 3.22. The summed E-state index contributed by atoms with van der Waals surface area (Å²) in [5.41, 5.74) is 8.78. The molecule has 1 heterocycles. The van der Waals surface area contributed by atoms with Gasteiger partial charge < -0.3 is 20.7 Å². The fourth-order valence-electron chi connectivity index (χ4n) is 2.60. The number of anilines is 4. The van der Waals surface area contributed by atoms with Crippen LogP contribution < -0.4 is 20.7 Å². The summed E-state index contributed by atoms with van der Waals surface area (Å²) >= 11 is 0. The van der Waals surface area contributed by atoms with Gasteiger partial charge in [0.05, 0.1) is 12.8 Å². The standard InChI is InChI=1S/C19H21N5O/c1-24(12-14-8-4-3-5-9-14)19-17(20)18(21-13-22-19)23-15-10-6-7-11-16(15)25-2/h3-11,13H,12,20H2,1-2H3,(H,21,22,23). The summed E-state index contributed by atoms with van der Waals surface area (Å²) in [6.07, 6.45) is 1.50. The predicted molar refractivity (Wildman–Crippen MR) is 101 cm³/mol. The second kappa shape index (κ2) is 7.53. The molecule has 0 unspecified atom stereocenters. The molecule has 6 nitrogen and oxygen atoms in total. The van der Waals surface area contributed by atoms with Crippen LogP contribution in [0.15, 0.2) is 60.9 Å². The molecule has 3 aromatic rings. The van der Waals surface area contributed by atoms with Crippen LogP contribution in [0, 0.1) is 0 Å². The van der Waals surface area contributed by atoms with Gasteiger partial charge in [-0.05, 0) is 17.7 Å². The van der Waals surface area contributed by atoms with E-state index in [4.69, 9.17) is 10.5 Å². The van der Waals surface area contributed by atoms with E-state index in [-0.39, 0.29) is 0 Å². The maximum atomic E-state index is 6.31. The van der Waals surface area contributed by atoms with E-state index in [1.54, 1.807) is 7.11 Å². The molecule has 0 saturated carbocycles. The number of nitrogen functional groups attached to an aromatic ring is 1. The molecule has 0 amide bonds. The zero-order valence-corrected chi connectivity index (χ0v) is 14.3. The molecule has 25 heavy (non-hydrogen) atoms. The van der Waals surface area contributed by atoms with Gasteiger partial charge in [-0.1, -0.05) is 42.5 Å². The van der Waals surface area contributed by atoms with Crippen molar-refractivity contribution >= 4 is 23.0 Å². The smallest absolute Gasteiger partial charge is 0.159 e. The van der Waals surface area contributed by atoms with E-state index < -0.39 is 0 Å². The maximum absolute atomic E-state index is 6.31. The highest BCUT2D eigenvalue weighted by molar-refractivity contribution is 5.79. The summed E-state index contributed by atoms with van der Waals surface area (Å²) in [7, 11) is 3.58. The third kappa shape index (κ3) is 3.80. The Balaban J connectivity index is 1.84. The van der Waals surface area contributed by atoms with Crippen LogP contribution in [0.3, 0.4) is 0 Å². The van der Waals surface area contributed by atoms with Gasteiger partial charge in [0.15, 0.2) is 11.6 Å². The van der Waals surface area contributed by atoms with Crippen LogP contribution in [-0.4, -0.2) is 24.1 Å². The van der Waals surface area contributed by atoms with Gasteiger partial charge in [0.2, 0.25) is 0 Å². The quantitative estimate of drug-likeness (QED) is 0.718. The Bertz CT molecular complexity index is 838. The highest BCUT2D eigenvalue weighted by Crippen LogP contribution is 2.32. The number of nitrogens with one attached hydrogen (secondary N) is 1. The van der Waals surface area contributed by atoms with Crippen molar-refractivity contribution in [2.45, 2.75) is 6.54 Å². The van der Waals surface area contributed by atoms with Crippen LogP contribution >= 0.6 is 0 Å². The Morgan fingerprint density at radius 3 is 2.52 bits per heavy atom. The summed E-state index contributed by atoms with van der Waals surface area (Å²) in [4.78, 5) is 10.6. The third-order valence-corrected chi connectivity index (χ3v) is 3.85. The molecule has 1 aromatic heterocycles. The van der Waals surface area contributed by atoms with Gasteiger partial charge >= 0.3 is 0 Å². The highest BCUT2D eigenvalue weighted by Gasteiger charge is 2.14. The Hall–Kier alpha value is -3.28. The van der Waals surface area contributed by atoms with Crippen LogP contribution in [0.2, 0.25) is 0 Å². The molecule has 3 rings (SSSR count). The van der Waals surface area contributed by atoms with Crippen LogP contribution in [0.1, 0.15) is 5.56 Å². The van der Waals surface area contributed by atoms with Gasteiger partial charge in [0.1, 0.15) is 17.8 Å². The monoisotopic (exact) mass is 335 g/mol. The van der Waals surface area contributed by atoms with E-state index in [0.717, 1.165) is 11.4 Å². The van der Waals surface area contributed by atoms with Gasteiger partial charge in [-0.15, -0.1) is 0 Å². The molecule has 2 aromatic carbocycles. The lowest BCUT2D eigenvalue weighted by atomic mass is 10.2. The van der Waals surface area contributed by atoms with Gasteiger partial charge in [-0.3, -0.25) is 0 Å². The fraction of sp³-hybridized carbons (Fsp3) is 0.158. The van der Waals surface area contributed by atoms with Gasteiger partial charge in [0, 0.05) is 13.6 Å². The zero-order chi connectivity index (χ0) is 17.6. The molecule has 0 fully saturated rings. The van der Waals surface area contributed by atoms with Crippen molar-refractivity contribution in [1.82, 2.24) is 9.97 Å². The highest BCUT2D eigenvalue weighted by atomic mass is 16.5. The van der Waals surface area contributed by atoms with E-state index in [1.165, 1.54) is 11.9 Å².